The van der Waals surface area contributed by atoms with Crippen LogP contribution in [0.25, 0.3) is 5.76 Å². The lowest BCUT2D eigenvalue weighted by atomic mass is 9.94. The van der Waals surface area contributed by atoms with E-state index in [1.54, 1.807) is 36.9 Å². The number of carbonyl (C=O) groups excluding carboxylic acids is 2. The highest BCUT2D eigenvalue weighted by molar-refractivity contribution is 6.46. The summed E-state index contributed by atoms with van der Waals surface area (Å²) in [6.45, 7) is 7.40. The molecular formula is C23H27ClN4O4. The highest BCUT2D eigenvalue weighted by Crippen LogP contribution is 2.40. The van der Waals surface area contributed by atoms with Crippen LogP contribution in [0.5, 0.6) is 0 Å². The van der Waals surface area contributed by atoms with Gasteiger partial charge in [0.05, 0.1) is 36.1 Å². The third-order valence-corrected chi connectivity index (χ3v) is 6.45. The number of aromatic nitrogens is 2. The molecule has 0 unspecified atom stereocenters. The first-order valence-corrected chi connectivity index (χ1v) is 11.0. The molecule has 170 valence electrons. The molecule has 1 aromatic heterocycles. The van der Waals surface area contributed by atoms with E-state index in [1.165, 1.54) is 4.90 Å². The van der Waals surface area contributed by atoms with Crippen LogP contribution in [0.4, 0.5) is 0 Å². The Kier molecular flexibility index (Phi) is 6.37. The van der Waals surface area contributed by atoms with Gasteiger partial charge in [0, 0.05) is 43.9 Å². The molecule has 0 bridgehead atoms. The van der Waals surface area contributed by atoms with E-state index in [2.05, 4.69) is 10.00 Å². The van der Waals surface area contributed by atoms with Crippen LogP contribution in [0.15, 0.2) is 29.8 Å². The molecule has 4 rings (SSSR count). The van der Waals surface area contributed by atoms with Crippen molar-refractivity contribution >= 4 is 29.1 Å². The Balaban J connectivity index is 1.79. The predicted octanol–water partition coefficient (Wildman–Crippen LogP) is 2.44. The first kappa shape index (κ1) is 22.5. The molecule has 9 heteroatoms. The average molecular weight is 459 g/mol. The third kappa shape index (κ3) is 4.05. The monoisotopic (exact) mass is 458 g/mol. The summed E-state index contributed by atoms with van der Waals surface area (Å²) < 4.78 is 7.04. The maximum atomic E-state index is 13.2. The Bertz CT molecular complexity index is 1090. The minimum absolute atomic E-state index is 0.0680. The number of aliphatic hydroxyl groups is 1. The lowest BCUT2D eigenvalue weighted by Gasteiger charge is -2.31. The fourth-order valence-corrected chi connectivity index (χ4v) is 4.66. The van der Waals surface area contributed by atoms with Crippen molar-refractivity contribution in [2.75, 3.05) is 39.4 Å². The first-order valence-electron chi connectivity index (χ1n) is 10.6. The van der Waals surface area contributed by atoms with Crippen molar-refractivity contribution in [2.45, 2.75) is 19.9 Å². The maximum Gasteiger partial charge on any atom is 0.295 e. The second-order valence-electron chi connectivity index (χ2n) is 8.17. The van der Waals surface area contributed by atoms with Crippen molar-refractivity contribution in [2.24, 2.45) is 7.05 Å². The van der Waals surface area contributed by atoms with Gasteiger partial charge in [0.15, 0.2) is 0 Å². The summed E-state index contributed by atoms with van der Waals surface area (Å²) in [5.74, 6) is -1.52. The maximum absolute atomic E-state index is 13.2. The Morgan fingerprint density at radius 1 is 1.22 bits per heavy atom. The summed E-state index contributed by atoms with van der Waals surface area (Å²) in [6.07, 6.45) is 0. The van der Waals surface area contributed by atoms with Gasteiger partial charge in [-0.25, -0.2) is 0 Å². The summed E-state index contributed by atoms with van der Waals surface area (Å²) in [7, 11) is 1.77. The number of ketones is 1. The molecule has 0 saturated carbocycles. The van der Waals surface area contributed by atoms with Gasteiger partial charge in [-0.1, -0.05) is 23.7 Å². The molecule has 0 radical (unpaired) electrons. The molecule has 32 heavy (non-hydrogen) atoms. The van der Waals surface area contributed by atoms with Crippen LogP contribution in [0, 0.1) is 13.8 Å². The molecule has 2 fully saturated rings. The van der Waals surface area contributed by atoms with Crippen molar-refractivity contribution in [3.05, 3.63) is 57.4 Å². The van der Waals surface area contributed by atoms with E-state index >= 15 is 0 Å². The van der Waals surface area contributed by atoms with Gasteiger partial charge in [0.25, 0.3) is 11.7 Å². The second kappa shape index (κ2) is 9.05. The van der Waals surface area contributed by atoms with E-state index in [-0.39, 0.29) is 11.3 Å². The van der Waals surface area contributed by atoms with E-state index in [4.69, 9.17) is 16.3 Å². The number of carbonyl (C=O) groups is 2. The fourth-order valence-electron chi connectivity index (χ4n) is 4.46. The number of hydrogen-bond acceptors (Lipinski definition) is 6. The van der Waals surface area contributed by atoms with Crippen molar-refractivity contribution < 1.29 is 19.4 Å². The molecule has 3 heterocycles. The molecule has 0 aliphatic carbocycles. The van der Waals surface area contributed by atoms with Gasteiger partial charge in [0.2, 0.25) is 0 Å². The second-order valence-corrected chi connectivity index (χ2v) is 8.61. The highest BCUT2D eigenvalue weighted by atomic mass is 35.5. The number of likely N-dealkylation sites (tertiary alicyclic amines) is 1. The van der Waals surface area contributed by atoms with E-state index in [1.807, 2.05) is 13.0 Å². The molecule has 1 aromatic carbocycles. The van der Waals surface area contributed by atoms with Crippen molar-refractivity contribution in [1.29, 1.82) is 0 Å². The molecule has 1 atom stereocenters. The number of ether oxygens (including phenoxy) is 1. The number of aliphatic hydroxyl groups excluding tert-OH is 1. The van der Waals surface area contributed by atoms with Gasteiger partial charge < -0.3 is 14.7 Å². The van der Waals surface area contributed by atoms with E-state index < -0.39 is 17.7 Å². The number of morpholine rings is 1. The highest BCUT2D eigenvalue weighted by Gasteiger charge is 2.46. The molecule has 1 N–H and O–H groups in total. The smallest absolute Gasteiger partial charge is 0.295 e. The summed E-state index contributed by atoms with van der Waals surface area (Å²) in [4.78, 5) is 30.0. The molecule has 2 aliphatic heterocycles. The van der Waals surface area contributed by atoms with E-state index in [9.17, 15) is 14.7 Å². The van der Waals surface area contributed by atoms with E-state index in [0.717, 1.165) is 13.1 Å². The zero-order valence-electron chi connectivity index (χ0n) is 18.5. The minimum atomic E-state index is -0.728. The van der Waals surface area contributed by atoms with Gasteiger partial charge in [-0.3, -0.25) is 19.2 Å². The molecule has 8 nitrogen and oxygen atoms in total. The largest absolute Gasteiger partial charge is 0.507 e. The minimum Gasteiger partial charge on any atom is -0.507 e. The van der Waals surface area contributed by atoms with Crippen LogP contribution in [0.3, 0.4) is 0 Å². The summed E-state index contributed by atoms with van der Waals surface area (Å²) in [6, 6.07) is 6.34. The number of benzene rings is 1. The van der Waals surface area contributed by atoms with Crippen LogP contribution < -0.4 is 0 Å². The van der Waals surface area contributed by atoms with Crippen LogP contribution in [0.2, 0.25) is 5.02 Å². The molecule has 2 aromatic rings. The quantitative estimate of drug-likeness (QED) is 0.420. The Labute approximate surface area is 192 Å². The van der Waals surface area contributed by atoms with Crippen LogP contribution in [-0.4, -0.2) is 75.8 Å². The fraction of sp³-hybridized carbons (Fsp3) is 0.435. The van der Waals surface area contributed by atoms with Gasteiger partial charge in [-0.15, -0.1) is 0 Å². The number of hydrogen-bond donors (Lipinski definition) is 1. The molecular weight excluding hydrogens is 432 g/mol. The summed E-state index contributed by atoms with van der Waals surface area (Å²) in [5.41, 5.74) is 2.53. The van der Waals surface area contributed by atoms with Crippen LogP contribution >= 0.6 is 11.6 Å². The van der Waals surface area contributed by atoms with Crippen LogP contribution in [0.1, 0.15) is 28.6 Å². The first-order chi connectivity index (χ1) is 15.3. The van der Waals surface area contributed by atoms with Crippen molar-refractivity contribution in [3.63, 3.8) is 0 Å². The number of nitrogens with zero attached hydrogens (tertiary/aromatic N) is 4. The SMILES string of the molecule is Cc1nn(C)c(C)c1C(O)=C1C(=O)C(=O)N(CCN2CCOCC2)[C@H]1c1cccc(Cl)c1. The van der Waals surface area contributed by atoms with Gasteiger partial charge >= 0.3 is 0 Å². The topological polar surface area (TPSA) is 87.9 Å². The zero-order chi connectivity index (χ0) is 23.0. The lowest BCUT2D eigenvalue weighted by molar-refractivity contribution is -0.140. The third-order valence-electron chi connectivity index (χ3n) is 6.21. The van der Waals surface area contributed by atoms with Gasteiger partial charge in [-0.2, -0.15) is 5.10 Å². The Morgan fingerprint density at radius 3 is 2.56 bits per heavy atom. The lowest BCUT2D eigenvalue weighted by Crippen LogP contribution is -2.42. The van der Waals surface area contributed by atoms with Gasteiger partial charge in [-0.05, 0) is 31.5 Å². The van der Waals surface area contributed by atoms with Crippen molar-refractivity contribution in [3.8, 4) is 0 Å². The number of rotatable bonds is 5. The standard InChI is InChI=1S/C23H27ClN4O4/c1-14-18(15(2)26(3)25-14)21(29)19-20(16-5-4-6-17(24)13-16)28(23(31)22(19)30)8-7-27-9-11-32-12-10-27/h4-6,13,20,29H,7-12H2,1-3H3/t20-/m0/s1. The van der Waals surface area contributed by atoms with Crippen molar-refractivity contribution in [1.82, 2.24) is 19.6 Å². The zero-order valence-corrected chi connectivity index (χ0v) is 19.2. The summed E-state index contributed by atoms with van der Waals surface area (Å²) >= 11 is 6.24. The van der Waals surface area contributed by atoms with Gasteiger partial charge in [0.1, 0.15) is 5.76 Å². The molecule has 1 amide bonds. The van der Waals surface area contributed by atoms with Crippen LogP contribution in [-0.2, 0) is 21.4 Å². The average Bonchev–Trinajstić information content (AvgIpc) is 3.18. The molecule has 0 spiro atoms. The number of halogens is 1. The predicted molar refractivity (Wildman–Crippen MR) is 120 cm³/mol. The summed E-state index contributed by atoms with van der Waals surface area (Å²) in [5, 5.41) is 16.1. The van der Waals surface area contributed by atoms with E-state index in [0.29, 0.717) is 53.8 Å². The Morgan fingerprint density at radius 2 is 1.94 bits per heavy atom. The number of aryl methyl sites for hydroxylation is 2. The molecule has 2 saturated heterocycles. The normalized spacial score (nSPS) is 21.5. The number of Topliss-reactive ketones (excluding diaryl/α,β-unsaturated/α-hetero) is 1. The molecule has 2 aliphatic rings. The number of amides is 1. The Hall–Kier alpha value is -2.68.